The summed E-state index contributed by atoms with van der Waals surface area (Å²) in [6, 6.07) is 1.69. The van der Waals surface area contributed by atoms with Crippen molar-refractivity contribution in [2.75, 3.05) is 6.54 Å². The van der Waals surface area contributed by atoms with Gasteiger partial charge in [-0.05, 0) is 52.4 Å². The van der Waals surface area contributed by atoms with Crippen molar-refractivity contribution in [2.45, 2.75) is 103 Å². The van der Waals surface area contributed by atoms with Crippen LogP contribution in [0.15, 0.2) is 0 Å². The number of hydrogen-bond donors (Lipinski definition) is 0. The molecular weight excluding hydrogens is 244 g/mol. The molecule has 0 aromatic heterocycles. The van der Waals surface area contributed by atoms with Gasteiger partial charge in [-0.3, -0.25) is 0 Å². The van der Waals surface area contributed by atoms with Gasteiger partial charge in [0.15, 0.2) is 0 Å². The molecule has 0 aromatic carbocycles. The van der Waals surface area contributed by atoms with Crippen LogP contribution in [0.2, 0.25) is 0 Å². The number of fused-ring (bicyclic) bond motifs is 3. The van der Waals surface area contributed by atoms with E-state index in [2.05, 4.69) is 30.8 Å². The molecule has 3 rings (SSSR count). The van der Waals surface area contributed by atoms with Crippen molar-refractivity contribution in [3.8, 4) is 0 Å². The Morgan fingerprint density at radius 1 is 0.700 bits per heavy atom. The molecule has 2 heteroatoms. The molecule has 116 valence electrons. The standard InChI is InChI=1S/C18H34N2/c1-18(2,3)20-17-13-9-6-7-11-15(17)16-12-8-4-5-10-14-19(16)20/h15-17H,4-14H2,1-3H3. The summed E-state index contributed by atoms with van der Waals surface area (Å²) in [4.78, 5) is 0. The lowest BCUT2D eigenvalue weighted by molar-refractivity contribution is -0.0980. The second kappa shape index (κ2) is 5.96. The first-order valence-electron chi connectivity index (χ1n) is 9.15. The lowest BCUT2D eigenvalue weighted by atomic mass is 9.85. The third kappa shape index (κ3) is 2.78. The van der Waals surface area contributed by atoms with E-state index in [1.165, 1.54) is 70.8 Å². The van der Waals surface area contributed by atoms with E-state index in [1.807, 2.05) is 0 Å². The Morgan fingerprint density at radius 2 is 1.30 bits per heavy atom. The summed E-state index contributed by atoms with van der Waals surface area (Å²) in [5.41, 5.74) is 0.293. The lowest BCUT2D eigenvalue weighted by Gasteiger charge is -2.44. The zero-order chi connectivity index (χ0) is 14.2. The second-order valence-electron chi connectivity index (χ2n) is 8.32. The molecule has 3 unspecified atom stereocenters. The van der Waals surface area contributed by atoms with Crippen molar-refractivity contribution in [2.24, 2.45) is 5.92 Å². The molecule has 3 aliphatic rings. The van der Waals surface area contributed by atoms with E-state index < -0.39 is 0 Å². The number of nitrogens with zero attached hydrogens (tertiary/aromatic N) is 2. The maximum Gasteiger partial charge on any atom is 0.0295 e. The van der Waals surface area contributed by atoms with Crippen LogP contribution in [-0.2, 0) is 0 Å². The molecule has 0 N–H and O–H groups in total. The summed E-state index contributed by atoms with van der Waals surface area (Å²) in [6.07, 6.45) is 14.6. The van der Waals surface area contributed by atoms with Gasteiger partial charge in [-0.25, -0.2) is 10.0 Å². The van der Waals surface area contributed by atoms with Crippen LogP contribution < -0.4 is 0 Å². The Hall–Kier alpha value is -0.0800. The average Bonchev–Trinajstić information content (AvgIpc) is 2.51. The summed E-state index contributed by atoms with van der Waals surface area (Å²) in [6.45, 7) is 8.59. The minimum absolute atomic E-state index is 0.293. The summed E-state index contributed by atoms with van der Waals surface area (Å²) in [7, 11) is 0. The van der Waals surface area contributed by atoms with Gasteiger partial charge in [0.1, 0.15) is 0 Å². The van der Waals surface area contributed by atoms with Crippen LogP contribution in [0, 0.1) is 5.92 Å². The summed E-state index contributed by atoms with van der Waals surface area (Å²) >= 11 is 0. The molecule has 2 saturated heterocycles. The van der Waals surface area contributed by atoms with E-state index >= 15 is 0 Å². The highest BCUT2D eigenvalue weighted by Gasteiger charge is 2.50. The van der Waals surface area contributed by atoms with E-state index in [0.29, 0.717) is 5.54 Å². The molecule has 0 radical (unpaired) electrons. The van der Waals surface area contributed by atoms with Crippen molar-refractivity contribution in [3.05, 3.63) is 0 Å². The highest BCUT2D eigenvalue weighted by Crippen LogP contribution is 2.44. The maximum atomic E-state index is 2.83. The minimum atomic E-state index is 0.293. The predicted molar refractivity (Wildman–Crippen MR) is 85.5 cm³/mol. The molecule has 2 aliphatic heterocycles. The van der Waals surface area contributed by atoms with Crippen LogP contribution in [-0.4, -0.2) is 34.2 Å². The molecular formula is C18H34N2. The van der Waals surface area contributed by atoms with Crippen molar-refractivity contribution in [1.29, 1.82) is 0 Å². The number of hydrazine groups is 1. The second-order valence-corrected chi connectivity index (χ2v) is 8.32. The normalized spacial score (nSPS) is 37.6. The van der Waals surface area contributed by atoms with Crippen molar-refractivity contribution < 1.29 is 0 Å². The van der Waals surface area contributed by atoms with Crippen LogP contribution in [0.25, 0.3) is 0 Å². The Balaban J connectivity index is 1.89. The number of hydrogen-bond acceptors (Lipinski definition) is 2. The monoisotopic (exact) mass is 278 g/mol. The molecule has 2 nitrogen and oxygen atoms in total. The van der Waals surface area contributed by atoms with Crippen LogP contribution in [0.3, 0.4) is 0 Å². The lowest BCUT2D eigenvalue weighted by Crippen LogP contribution is -2.54. The highest BCUT2D eigenvalue weighted by molar-refractivity contribution is 5.00. The van der Waals surface area contributed by atoms with E-state index in [9.17, 15) is 0 Å². The fourth-order valence-electron chi connectivity index (χ4n) is 5.14. The Kier molecular flexibility index (Phi) is 4.42. The van der Waals surface area contributed by atoms with Gasteiger partial charge in [0.05, 0.1) is 0 Å². The zero-order valence-corrected chi connectivity index (χ0v) is 13.9. The van der Waals surface area contributed by atoms with Gasteiger partial charge in [0, 0.05) is 24.2 Å². The quantitative estimate of drug-likeness (QED) is 0.639. The molecule has 2 heterocycles. The van der Waals surface area contributed by atoms with Crippen molar-refractivity contribution in [3.63, 3.8) is 0 Å². The van der Waals surface area contributed by atoms with Crippen molar-refractivity contribution >= 4 is 0 Å². The molecule has 0 amide bonds. The van der Waals surface area contributed by atoms with E-state index in [-0.39, 0.29) is 0 Å². The largest absolute Gasteiger partial charge is 0.238 e. The smallest absolute Gasteiger partial charge is 0.0295 e. The summed E-state index contributed by atoms with van der Waals surface area (Å²) in [5, 5.41) is 5.67. The first kappa shape index (κ1) is 14.8. The fraction of sp³-hybridized carbons (Fsp3) is 1.00. The van der Waals surface area contributed by atoms with E-state index in [0.717, 1.165) is 18.0 Å². The minimum Gasteiger partial charge on any atom is -0.238 e. The molecule has 1 aliphatic carbocycles. The topological polar surface area (TPSA) is 6.48 Å². The highest BCUT2D eigenvalue weighted by atomic mass is 15.7. The van der Waals surface area contributed by atoms with Crippen LogP contribution in [0.4, 0.5) is 0 Å². The molecule has 1 saturated carbocycles. The van der Waals surface area contributed by atoms with Crippen LogP contribution in [0.1, 0.15) is 85.0 Å². The summed E-state index contributed by atoms with van der Waals surface area (Å²) < 4.78 is 0. The van der Waals surface area contributed by atoms with Crippen LogP contribution >= 0.6 is 0 Å². The van der Waals surface area contributed by atoms with Gasteiger partial charge < -0.3 is 0 Å². The predicted octanol–water partition coefficient (Wildman–Crippen LogP) is 4.60. The molecule has 0 aromatic rings. The first-order chi connectivity index (χ1) is 9.59. The molecule has 3 fully saturated rings. The first-order valence-corrected chi connectivity index (χ1v) is 9.15. The SMILES string of the molecule is CC(C)(C)N1C2CCCCCC2C2CCCCCCN21. The van der Waals surface area contributed by atoms with Gasteiger partial charge in [-0.15, -0.1) is 0 Å². The third-order valence-electron chi connectivity index (χ3n) is 5.82. The molecule has 0 bridgehead atoms. The van der Waals surface area contributed by atoms with Gasteiger partial charge in [0.2, 0.25) is 0 Å². The fourth-order valence-corrected chi connectivity index (χ4v) is 5.14. The van der Waals surface area contributed by atoms with E-state index in [4.69, 9.17) is 0 Å². The Bertz CT molecular complexity index is 320. The van der Waals surface area contributed by atoms with Gasteiger partial charge in [-0.1, -0.05) is 38.5 Å². The average molecular weight is 278 g/mol. The van der Waals surface area contributed by atoms with Gasteiger partial charge in [0.25, 0.3) is 0 Å². The third-order valence-corrected chi connectivity index (χ3v) is 5.82. The number of rotatable bonds is 0. The molecule has 20 heavy (non-hydrogen) atoms. The summed E-state index contributed by atoms with van der Waals surface area (Å²) in [5.74, 6) is 0.954. The Labute approximate surface area is 125 Å². The van der Waals surface area contributed by atoms with Crippen molar-refractivity contribution in [1.82, 2.24) is 10.0 Å². The van der Waals surface area contributed by atoms with Crippen LogP contribution in [0.5, 0.6) is 0 Å². The molecule has 0 spiro atoms. The zero-order valence-electron chi connectivity index (χ0n) is 13.9. The molecule has 3 atom stereocenters. The van der Waals surface area contributed by atoms with Gasteiger partial charge in [-0.2, -0.15) is 0 Å². The van der Waals surface area contributed by atoms with Gasteiger partial charge >= 0.3 is 0 Å². The maximum absolute atomic E-state index is 2.83. The Morgan fingerprint density at radius 3 is 2.05 bits per heavy atom. The van der Waals surface area contributed by atoms with E-state index in [1.54, 1.807) is 0 Å².